The Morgan fingerprint density at radius 3 is 2.18 bits per heavy atom. The highest BCUT2D eigenvalue weighted by Crippen LogP contribution is 2.39. The first kappa shape index (κ1) is 33.6. The maximum atomic E-state index is 12.3. The molecule has 1 aromatic heterocycles. The van der Waals surface area contributed by atoms with E-state index in [4.69, 9.17) is 38.1 Å². The molecule has 1 saturated heterocycles. The average Bonchev–Trinajstić information content (AvgIpc) is 3.31. The number of rotatable bonds is 12. The number of nitrogens with zero attached hydrogens (tertiary/aromatic N) is 2. The van der Waals surface area contributed by atoms with Crippen molar-refractivity contribution in [3.8, 4) is 11.5 Å². The Bertz CT molecular complexity index is 1540. The highest BCUT2D eigenvalue weighted by Gasteiger charge is 2.52. The van der Waals surface area contributed by atoms with Crippen LogP contribution in [-0.4, -0.2) is 83.6 Å². The van der Waals surface area contributed by atoms with Gasteiger partial charge < -0.3 is 37.7 Å². The van der Waals surface area contributed by atoms with Crippen LogP contribution in [-0.2, 0) is 49.4 Å². The van der Waals surface area contributed by atoms with Gasteiger partial charge in [-0.2, -0.15) is 0 Å². The molecule has 242 valence electrons. The molecule has 0 aliphatic carbocycles. The molecule has 5 atom stereocenters. The van der Waals surface area contributed by atoms with Gasteiger partial charge in [0.2, 0.25) is 0 Å². The number of ether oxygens (including phenoxy) is 7. The Hall–Kier alpha value is -4.30. The van der Waals surface area contributed by atoms with Crippen LogP contribution in [0.1, 0.15) is 40.2 Å². The van der Waals surface area contributed by atoms with Crippen LogP contribution in [0.4, 0.5) is 0 Å². The van der Waals surface area contributed by atoms with E-state index in [2.05, 4.69) is 0 Å². The van der Waals surface area contributed by atoms with Crippen molar-refractivity contribution in [1.29, 1.82) is 0 Å². The lowest BCUT2D eigenvalue weighted by Crippen LogP contribution is -2.61. The topological polar surface area (TPSA) is 151 Å². The van der Waals surface area contributed by atoms with Crippen LogP contribution in [0.2, 0.25) is 0 Å². The van der Waals surface area contributed by atoms with Crippen molar-refractivity contribution in [3.05, 3.63) is 48.0 Å². The predicted molar refractivity (Wildman–Crippen MR) is 161 cm³/mol. The summed E-state index contributed by atoms with van der Waals surface area (Å²) in [6.07, 6.45) is -4.83. The lowest BCUT2D eigenvalue weighted by Gasteiger charge is -2.44. The number of imidazole rings is 1. The van der Waals surface area contributed by atoms with E-state index in [1.807, 2.05) is 54.0 Å². The Balaban J connectivity index is 1.77. The van der Waals surface area contributed by atoms with Gasteiger partial charge in [0.05, 0.1) is 31.3 Å². The van der Waals surface area contributed by atoms with Crippen LogP contribution < -0.4 is 9.47 Å². The number of methoxy groups -OCH3 is 1. The number of fused-ring (bicyclic) bond motifs is 1. The van der Waals surface area contributed by atoms with Crippen LogP contribution in [0.15, 0.2) is 47.6 Å². The maximum absolute atomic E-state index is 12.3. The van der Waals surface area contributed by atoms with Gasteiger partial charge in [0, 0.05) is 27.7 Å². The normalized spacial score (nSPS) is 21.1. The van der Waals surface area contributed by atoms with Gasteiger partial charge in [-0.1, -0.05) is 30.0 Å². The van der Waals surface area contributed by atoms with E-state index in [0.717, 1.165) is 22.8 Å². The van der Waals surface area contributed by atoms with Gasteiger partial charge in [-0.3, -0.25) is 19.2 Å². The fourth-order valence-electron chi connectivity index (χ4n) is 4.95. The summed E-state index contributed by atoms with van der Waals surface area (Å²) < 4.78 is 41.4. The molecule has 1 fully saturated rings. The summed E-state index contributed by atoms with van der Waals surface area (Å²) in [5.74, 6) is -1.49. The van der Waals surface area contributed by atoms with Crippen LogP contribution in [0.25, 0.3) is 11.0 Å². The lowest BCUT2D eigenvalue weighted by molar-refractivity contribution is -0.237. The number of thioether (sulfide) groups is 1. The Morgan fingerprint density at radius 2 is 1.53 bits per heavy atom. The molecule has 13 nitrogen and oxygen atoms in total. The minimum absolute atomic E-state index is 0.322. The van der Waals surface area contributed by atoms with Gasteiger partial charge in [-0.15, -0.1) is 0 Å². The van der Waals surface area contributed by atoms with Gasteiger partial charge in [0.1, 0.15) is 12.7 Å². The van der Waals surface area contributed by atoms with E-state index < -0.39 is 53.7 Å². The van der Waals surface area contributed by atoms with Crippen molar-refractivity contribution in [3.63, 3.8) is 0 Å². The third-order valence-electron chi connectivity index (χ3n) is 6.66. The molecule has 0 amide bonds. The Kier molecular flexibility index (Phi) is 11.3. The van der Waals surface area contributed by atoms with E-state index in [1.165, 1.54) is 27.7 Å². The molecular weight excluding hydrogens is 608 g/mol. The summed E-state index contributed by atoms with van der Waals surface area (Å²) in [5.41, 5.74) is 1.37. The maximum Gasteiger partial charge on any atom is 0.303 e. The summed E-state index contributed by atoms with van der Waals surface area (Å²) in [6, 6.07) is 13.2. The molecule has 0 spiro atoms. The fraction of sp³-hybridized carbons (Fsp3) is 0.452. The monoisotopic (exact) mass is 644 g/mol. The number of hydrogen-bond acceptors (Lipinski definition) is 13. The SMILES string of the molecule is CCOc1ccc(Cn2c(SC3OC(COC(C)=O)C(OC(C)=O)C(OC(C)=O)C3OC(C)=O)nc3ccccc32)cc1OC. The Labute approximate surface area is 264 Å². The van der Waals surface area contributed by atoms with Crippen LogP contribution in [0.3, 0.4) is 0 Å². The van der Waals surface area contributed by atoms with Gasteiger partial charge in [0.15, 0.2) is 40.4 Å². The minimum Gasteiger partial charge on any atom is -0.493 e. The largest absolute Gasteiger partial charge is 0.493 e. The first-order chi connectivity index (χ1) is 21.5. The molecule has 4 rings (SSSR count). The van der Waals surface area contributed by atoms with Crippen molar-refractivity contribution < 1.29 is 52.3 Å². The highest BCUT2D eigenvalue weighted by molar-refractivity contribution is 7.99. The van der Waals surface area contributed by atoms with Crippen LogP contribution in [0.5, 0.6) is 11.5 Å². The zero-order chi connectivity index (χ0) is 32.7. The van der Waals surface area contributed by atoms with Crippen molar-refractivity contribution in [2.24, 2.45) is 0 Å². The quantitative estimate of drug-likeness (QED) is 0.209. The van der Waals surface area contributed by atoms with Gasteiger partial charge in [0.25, 0.3) is 0 Å². The van der Waals surface area contributed by atoms with Crippen molar-refractivity contribution in [1.82, 2.24) is 9.55 Å². The first-order valence-corrected chi connectivity index (χ1v) is 15.1. The molecule has 1 aliphatic heterocycles. The number of carbonyl (C=O) groups is 4. The molecule has 45 heavy (non-hydrogen) atoms. The van der Waals surface area contributed by atoms with Crippen molar-refractivity contribution in [2.45, 2.75) is 76.2 Å². The molecule has 0 radical (unpaired) electrons. The molecule has 2 aromatic carbocycles. The third-order valence-corrected chi connectivity index (χ3v) is 7.79. The highest BCUT2D eigenvalue weighted by atomic mass is 32.2. The van der Waals surface area contributed by atoms with E-state index in [0.29, 0.717) is 35.3 Å². The predicted octanol–water partition coefficient (Wildman–Crippen LogP) is 3.67. The summed E-state index contributed by atoms with van der Waals surface area (Å²) in [6.45, 7) is 7.20. The fourth-order valence-corrected chi connectivity index (χ4v) is 6.14. The van der Waals surface area contributed by atoms with Crippen LogP contribution >= 0.6 is 11.8 Å². The number of hydrogen-bond donors (Lipinski definition) is 0. The smallest absolute Gasteiger partial charge is 0.303 e. The molecule has 2 heterocycles. The van der Waals surface area contributed by atoms with E-state index in [9.17, 15) is 19.2 Å². The first-order valence-electron chi connectivity index (χ1n) is 14.2. The second-order valence-electron chi connectivity index (χ2n) is 10.1. The molecule has 14 heteroatoms. The van der Waals surface area contributed by atoms with Gasteiger partial charge in [-0.25, -0.2) is 4.98 Å². The number of para-hydroxylation sites is 2. The van der Waals surface area contributed by atoms with E-state index in [-0.39, 0.29) is 6.61 Å². The summed E-state index contributed by atoms with van der Waals surface area (Å²) in [5, 5.41) is 0.491. The zero-order valence-corrected chi connectivity index (χ0v) is 26.7. The van der Waals surface area contributed by atoms with Gasteiger partial charge in [-0.05, 0) is 36.8 Å². The molecule has 3 aromatic rings. The van der Waals surface area contributed by atoms with Gasteiger partial charge >= 0.3 is 23.9 Å². The van der Waals surface area contributed by atoms with Crippen LogP contribution in [0, 0.1) is 0 Å². The number of esters is 4. The number of carbonyl (C=O) groups excluding carboxylic acids is 4. The molecule has 1 aliphatic rings. The average molecular weight is 645 g/mol. The van der Waals surface area contributed by atoms with Crippen molar-refractivity contribution in [2.75, 3.05) is 20.3 Å². The summed E-state index contributed by atoms with van der Waals surface area (Å²) in [7, 11) is 1.57. The molecular formula is C31H36N2O11S. The van der Waals surface area contributed by atoms with E-state index >= 15 is 0 Å². The third kappa shape index (κ3) is 8.45. The van der Waals surface area contributed by atoms with Crippen molar-refractivity contribution >= 4 is 46.7 Å². The molecule has 5 unspecified atom stereocenters. The minimum atomic E-state index is -1.28. The molecule has 0 bridgehead atoms. The summed E-state index contributed by atoms with van der Waals surface area (Å²) >= 11 is 1.12. The van der Waals surface area contributed by atoms with E-state index in [1.54, 1.807) is 7.11 Å². The zero-order valence-electron chi connectivity index (χ0n) is 25.8. The second kappa shape index (κ2) is 15.1. The standard InChI is InChI=1S/C31H36N2O11S/c1-7-39-24-13-12-21(14-25(24)38-6)15-33-23-11-9-8-10-22(23)32-31(33)45-30-29(43-20(5)37)28(42-19(4)36)27(41-18(3)35)26(44-30)16-40-17(2)34/h8-14,26-30H,7,15-16H2,1-6H3. The molecule has 0 saturated carbocycles. The number of benzene rings is 2. The second-order valence-corrected chi connectivity index (χ2v) is 11.1. The summed E-state index contributed by atoms with van der Waals surface area (Å²) in [4.78, 5) is 53.1. The lowest BCUT2D eigenvalue weighted by atomic mass is 9.99. The molecule has 0 N–H and O–H groups in total. The Morgan fingerprint density at radius 1 is 0.867 bits per heavy atom. The number of aromatic nitrogens is 2.